The van der Waals surface area contributed by atoms with E-state index in [1.165, 1.54) is 0 Å². The lowest BCUT2D eigenvalue weighted by Crippen LogP contribution is -2.52. The first-order valence-corrected chi connectivity index (χ1v) is 3.55. The molecule has 0 heterocycles. The van der Waals surface area contributed by atoms with E-state index in [1.54, 1.807) is 0 Å². The molecule has 1 N–H and O–H groups in total. The lowest BCUT2D eigenvalue weighted by Gasteiger charge is -2.21. The molecular formula is C6H5F6NO. The SMILES string of the molecule is O=C(NC1(C(F)(F)F)CC1)C(F)(F)F. The van der Waals surface area contributed by atoms with Crippen LogP contribution in [0.5, 0.6) is 0 Å². The number of carbonyl (C=O) groups excluding carboxylic acids is 1. The van der Waals surface area contributed by atoms with Crippen LogP contribution < -0.4 is 5.32 Å². The highest BCUT2D eigenvalue weighted by Gasteiger charge is 2.65. The number of halogens is 6. The van der Waals surface area contributed by atoms with Gasteiger partial charge in [-0.05, 0) is 12.8 Å². The van der Waals surface area contributed by atoms with Gasteiger partial charge >= 0.3 is 18.3 Å². The van der Waals surface area contributed by atoms with Gasteiger partial charge in [0, 0.05) is 0 Å². The standard InChI is InChI=1S/C6H5F6NO/c7-5(8,9)3(14)13-4(1-2-4)6(10,11)12/h1-2H2,(H,13,14). The molecular weight excluding hydrogens is 216 g/mol. The second kappa shape index (κ2) is 2.77. The summed E-state index contributed by atoms with van der Waals surface area (Å²) in [6.07, 6.45) is -11.1. The molecule has 0 aromatic carbocycles. The predicted molar refractivity (Wildman–Crippen MR) is 32.2 cm³/mol. The van der Waals surface area contributed by atoms with Crippen molar-refractivity contribution in [3.05, 3.63) is 0 Å². The first-order chi connectivity index (χ1) is 6.08. The second-order valence-electron chi connectivity index (χ2n) is 3.03. The zero-order valence-electron chi connectivity index (χ0n) is 6.59. The number of alkyl halides is 6. The van der Waals surface area contributed by atoms with E-state index in [1.807, 2.05) is 0 Å². The molecule has 0 radical (unpaired) electrons. The summed E-state index contributed by atoms with van der Waals surface area (Å²) in [7, 11) is 0. The highest BCUT2D eigenvalue weighted by molar-refractivity contribution is 5.82. The van der Waals surface area contributed by atoms with Crippen LogP contribution in [0.4, 0.5) is 26.3 Å². The molecule has 1 aliphatic rings. The Balaban J connectivity index is 2.67. The van der Waals surface area contributed by atoms with E-state index >= 15 is 0 Å². The fourth-order valence-electron chi connectivity index (χ4n) is 0.893. The molecule has 1 rings (SSSR count). The van der Waals surface area contributed by atoms with E-state index in [-0.39, 0.29) is 0 Å². The molecule has 1 fully saturated rings. The number of hydrogen-bond acceptors (Lipinski definition) is 1. The molecule has 2 nitrogen and oxygen atoms in total. The largest absolute Gasteiger partial charge is 0.471 e. The molecule has 0 bridgehead atoms. The Bertz CT molecular complexity index is 250. The van der Waals surface area contributed by atoms with Gasteiger partial charge in [0.2, 0.25) is 0 Å². The van der Waals surface area contributed by atoms with Crippen LogP contribution in [0.2, 0.25) is 0 Å². The molecule has 0 saturated heterocycles. The van der Waals surface area contributed by atoms with Gasteiger partial charge in [0.15, 0.2) is 0 Å². The molecule has 14 heavy (non-hydrogen) atoms. The summed E-state index contributed by atoms with van der Waals surface area (Å²) in [5.41, 5.74) is -2.65. The number of carbonyl (C=O) groups is 1. The molecule has 0 atom stereocenters. The zero-order chi connectivity index (χ0) is 11.2. The molecule has 0 unspecified atom stereocenters. The van der Waals surface area contributed by atoms with Crippen molar-refractivity contribution >= 4 is 5.91 Å². The van der Waals surface area contributed by atoms with Gasteiger partial charge < -0.3 is 5.32 Å². The van der Waals surface area contributed by atoms with Gasteiger partial charge in [0.05, 0.1) is 0 Å². The van der Waals surface area contributed by atoms with Crippen molar-refractivity contribution in [3.8, 4) is 0 Å². The normalized spacial score (nSPS) is 20.4. The van der Waals surface area contributed by atoms with E-state index in [2.05, 4.69) is 0 Å². The third-order valence-electron chi connectivity index (χ3n) is 1.90. The maximum absolute atomic E-state index is 12.1. The van der Waals surface area contributed by atoms with Crippen molar-refractivity contribution in [1.29, 1.82) is 0 Å². The van der Waals surface area contributed by atoms with E-state index in [0.29, 0.717) is 0 Å². The van der Waals surface area contributed by atoms with E-state index in [0.717, 1.165) is 5.32 Å². The van der Waals surface area contributed by atoms with Crippen molar-refractivity contribution < 1.29 is 31.1 Å². The predicted octanol–water partition coefficient (Wildman–Crippen LogP) is 1.76. The lowest BCUT2D eigenvalue weighted by atomic mass is 10.2. The van der Waals surface area contributed by atoms with Crippen molar-refractivity contribution in [3.63, 3.8) is 0 Å². The van der Waals surface area contributed by atoms with Crippen molar-refractivity contribution in [2.45, 2.75) is 30.7 Å². The third-order valence-corrected chi connectivity index (χ3v) is 1.90. The molecule has 0 aromatic rings. The van der Waals surface area contributed by atoms with Gasteiger partial charge in [-0.15, -0.1) is 0 Å². The third kappa shape index (κ3) is 1.93. The molecule has 8 heteroatoms. The van der Waals surface area contributed by atoms with Crippen molar-refractivity contribution in [2.24, 2.45) is 0 Å². The Kier molecular flexibility index (Phi) is 2.20. The fourth-order valence-corrected chi connectivity index (χ4v) is 0.893. The topological polar surface area (TPSA) is 29.1 Å². The molecule has 1 aliphatic carbocycles. The number of hydrogen-bond donors (Lipinski definition) is 1. The highest BCUT2D eigenvalue weighted by Crippen LogP contribution is 2.49. The van der Waals surface area contributed by atoms with Crippen LogP contribution in [0.3, 0.4) is 0 Å². The maximum Gasteiger partial charge on any atom is 0.471 e. The summed E-state index contributed by atoms with van der Waals surface area (Å²) in [6.45, 7) is 0. The fraction of sp³-hybridized carbons (Fsp3) is 0.833. The van der Waals surface area contributed by atoms with Crippen LogP contribution in [0.25, 0.3) is 0 Å². The quantitative estimate of drug-likeness (QED) is 0.671. The van der Waals surface area contributed by atoms with Gasteiger partial charge in [-0.2, -0.15) is 26.3 Å². The molecule has 0 spiro atoms. The minimum Gasteiger partial charge on any atom is -0.334 e. The second-order valence-corrected chi connectivity index (χ2v) is 3.03. The molecule has 0 aliphatic heterocycles. The van der Waals surface area contributed by atoms with Gasteiger partial charge in [0.25, 0.3) is 0 Å². The average Bonchev–Trinajstić information content (AvgIpc) is 2.64. The average molecular weight is 221 g/mol. The lowest BCUT2D eigenvalue weighted by molar-refractivity contribution is -0.191. The van der Waals surface area contributed by atoms with E-state index < -0.39 is 36.6 Å². The van der Waals surface area contributed by atoms with Crippen LogP contribution in [0.15, 0.2) is 0 Å². The monoisotopic (exact) mass is 221 g/mol. The summed E-state index contributed by atoms with van der Waals surface area (Å²) >= 11 is 0. The summed E-state index contributed by atoms with van der Waals surface area (Å²) in [5, 5.41) is 0.958. The van der Waals surface area contributed by atoms with Crippen molar-refractivity contribution in [1.82, 2.24) is 5.32 Å². The van der Waals surface area contributed by atoms with Crippen LogP contribution in [0, 0.1) is 0 Å². The smallest absolute Gasteiger partial charge is 0.334 e. The minimum absolute atomic E-state index is 0.502. The first kappa shape index (κ1) is 11.1. The maximum atomic E-state index is 12.1. The van der Waals surface area contributed by atoms with E-state index in [4.69, 9.17) is 0 Å². The zero-order valence-corrected chi connectivity index (χ0v) is 6.59. The number of rotatable bonds is 1. The van der Waals surface area contributed by atoms with Crippen LogP contribution in [-0.2, 0) is 4.79 Å². The van der Waals surface area contributed by atoms with Gasteiger partial charge in [-0.25, -0.2) is 0 Å². The molecule has 1 amide bonds. The van der Waals surface area contributed by atoms with Gasteiger partial charge in [-0.3, -0.25) is 4.79 Å². The Labute approximate surface area is 74.3 Å². The molecule has 82 valence electrons. The molecule has 1 saturated carbocycles. The Morgan fingerprint density at radius 1 is 1.07 bits per heavy atom. The summed E-state index contributed by atoms with van der Waals surface area (Å²) < 4.78 is 71.0. The van der Waals surface area contributed by atoms with Crippen LogP contribution in [0.1, 0.15) is 12.8 Å². The van der Waals surface area contributed by atoms with E-state index in [9.17, 15) is 31.1 Å². The number of nitrogens with one attached hydrogen (secondary N) is 1. The minimum atomic E-state index is -5.28. The Morgan fingerprint density at radius 3 is 1.71 bits per heavy atom. The Hall–Kier alpha value is -0.950. The number of amides is 1. The summed E-state index contributed by atoms with van der Waals surface area (Å²) in [4.78, 5) is 10.2. The Morgan fingerprint density at radius 2 is 1.50 bits per heavy atom. The highest BCUT2D eigenvalue weighted by atomic mass is 19.4. The van der Waals surface area contributed by atoms with Crippen molar-refractivity contribution in [2.75, 3.05) is 0 Å². The van der Waals surface area contributed by atoms with Gasteiger partial charge in [0.1, 0.15) is 5.54 Å². The summed E-state index contributed by atoms with van der Waals surface area (Å²) in [5.74, 6) is -2.55. The van der Waals surface area contributed by atoms with Gasteiger partial charge in [-0.1, -0.05) is 0 Å². The summed E-state index contributed by atoms with van der Waals surface area (Å²) in [6, 6.07) is 0. The van der Waals surface area contributed by atoms with Crippen LogP contribution >= 0.6 is 0 Å². The molecule has 0 aromatic heterocycles. The van der Waals surface area contributed by atoms with Crippen LogP contribution in [-0.4, -0.2) is 23.8 Å². The first-order valence-electron chi connectivity index (χ1n) is 3.55.